The number of hydrogen-bond acceptors (Lipinski definition) is 6. The Bertz CT molecular complexity index is 982. The van der Waals surface area contributed by atoms with Crippen molar-refractivity contribution in [2.24, 2.45) is 0 Å². The molecule has 0 fully saturated rings. The summed E-state index contributed by atoms with van der Waals surface area (Å²) in [5.74, 6) is 0.723. The summed E-state index contributed by atoms with van der Waals surface area (Å²) >= 11 is 1.28. The number of fused-ring (bicyclic) bond motifs is 1. The smallest absolute Gasteiger partial charge is 0.253 e. The number of benzene rings is 1. The molecule has 0 spiro atoms. The summed E-state index contributed by atoms with van der Waals surface area (Å²) in [5.41, 5.74) is 3.11. The molecule has 8 heteroatoms. The number of carbonyl (C=O) groups is 2. The van der Waals surface area contributed by atoms with Crippen LogP contribution in [-0.4, -0.2) is 37.0 Å². The molecule has 7 nitrogen and oxygen atoms in total. The lowest BCUT2D eigenvalue weighted by molar-refractivity contribution is -0.116. The molecule has 0 bridgehead atoms. The Balaban J connectivity index is 1.62. The number of thioether (sulfide) groups is 1. The number of rotatable bonds is 7. The number of nitrogens with zero attached hydrogens (tertiary/aromatic N) is 4. The highest BCUT2D eigenvalue weighted by molar-refractivity contribution is 7.99. The molecule has 3 aromatic rings. The van der Waals surface area contributed by atoms with Gasteiger partial charge in [0.25, 0.3) is 5.78 Å². The summed E-state index contributed by atoms with van der Waals surface area (Å²) < 4.78 is 1.67. The molecule has 140 valence electrons. The van der Waals surface area contributed by atoms with Gasteiger partial charge in [0.1, 0.15) is 0 Å². The Hall–Kier alpha value is -2.74. The van der Waals surface area contributed by atoms with Crippen LogP contribution >= 0.6 is 11.8 Å². The maximum absolute atomic E-state index is 12.4. The normalized spacial score (nSPS) is 10.9. The summed E-state index contributed by atoms with van der Waals surface area (Å²) in [6, 6.07) is 8.85. The van der Waals surface area contributed by atoms with Crippen LogP contribution in [0.4, 0.5) is 5.69 Å². The van der Waals surface area contributed by atoms with E-state index in [0.717, 1.165) is 17.8 Å². The first-order chi connectivity index (χ1) is 13.0. The molecule has 0 radical (unpaired) electrons. The second kappa shape index (κ2) is 8.30. The van der Waals surface area contributed by atoms with Gasteiger partial charge in [0, 0.05) is 29.1 Å². The maximum Gasteiger partial charge on any atom is 0.253 e. The summed E-state index contributed by atoms with van der Waals surface area (Å²) in [6.07, 6.45) is 1.28. The molecule has 1 aromatic carbocycles. The number of carbonyl (C=O) groups excluding carboxylic acids is 2. The summed E-state index contributed by atoms with van der Waals surface area (Å²) in [5, 5.41) is 7.72. The van der Waals surface area contributed by atoms with Gasteiger partial charge in [-0.25, -0.2) is 9.50 Å². The third kappa shape index (κ3) is 4.71. The topological polar surface area (TPSA) is 89.2 Å². The number of ketones is 1. The highest BCUT2D eigenvalue weighted by Crippen LogP contribution is 2.18. The monoisotopic (exact) mass is 383 g/mol. The second-order valence-electron chi connectivity index (χ2n) is 6.23. The Labute approximate surface area is 161 Å². The van der Waals surface area contributed by atoms with E-state index in [-0.39, 0.29) is 17.4 Å². The van der Waals surface area contributed by atoms with Crippen LogP contribution in [0.15, 0.2) is 35.5 Å². The Kier molecular flexibility index (Phi) is 5.85. The molecule has 0 saturated carbocycles. The van der Waals surface area contributed by atoms with E-state index in [0.29, 0.717) is 28.6 Å². The Morgan fingerprint density at radius 3 is 2.59 bits per heavy atom. The van der Waals surface area contributed by atoms with Gasteiger partial charge in [-0.05, 0) is 50.6 Å². The fraction of sp³-hybridized carbons (Fsp3) is 0.316. The Morgan fingerprint density at radius 2 is 1.89 bits per heavy atom. The second-order valence-corrected chi connectivity index (χ2v) is 7.17. The van der Waals surface area contributed by atoms with Crippen molar-refractivity contribution < 1.29 is 9.59 Å². The summed E-state index contributed by atoms with van der Waals surface area (Å²) in [4.78, 5) is 32.7. The Morgan fingerprint density at radius 1 is 1.15 bits per heavy atom. The van der Waals surface area contributed by atoms with Gasteiger partial charge >= 0.3 is 0 Å². The van der Waals surface area contributed by atoms with E-state index >= 15 is 0 Å². The average Bonchev–Trinajstić information content (AvgIpc) is 3.04. The van der Waals surface area contributed by atoms with Crippen molar-refractivity contribution in [3.05, 3.63) is 47.3 Å². The SMILES string of the molecule is CCCC(=O)Nc1ccc(C(=O)CSc2nc3nc(C)cc(C)n3n2)cc1. The number of hydrogen-bond donors (Lipinski definition) is 1. The first-order valence-corrected chi connectivity index (χ1v) is 9.71. The number of nitrogens with one attached hydrogen (secondary N) is 1. The first-order valence-electron chi connectivity index (χ1n) is 8.73. The zero-order valence-corrected chi connectivity index (χ0v) is 16.3. The van der Waals surface area contributed by atoms with Gasteiger partial charge < -0.3 is 5.32 Å². The summed E-state index contributed by atoms with van der Waals surface area (Å²) in [6.45, 7) is 5.80. The number of aryl methyl sites for hydroxylation is 2. The minimum absolute atomic E-state index is 0.0221. The molecular weight excluding hydrogens is 362 g/mol. The average molecular weight is 383 g/mol. The lowest BCUT2D eigenvalue weighted by Gasteiger charge is -2.05. The molecular formula is C19H21N5O2S. The molecule has 3 rings (SSSR count). The number of amides is 1. The van der Waals surface area contributed by atoms with Crippen molar-refractivity contribution in [3.63, 3.8) is 0 Å². The minimum Gasteiger partial charge on any atom is -0.326 e. The van der Waals surface area contributed by atoms with Gasteiger partial charge in [0.2, 0.25) is 11.1 Å². The highest BCUT2D eigenvalue weighted by atomic mass is 32.2. The predicted molar refractivity (Wildman–Crippen MR) is 105 cm³/mol. The fourth-order valence-electron chi connectivity index (χ4n) is 2.61. The number of anilines is 1. The van der Waals surface area contributed by atoms with Crippen molar-refractivity contribution in [3.8, 4) is 0 Å². The fourth-order valence-corrected chi connectivity index (χ4v) is 3.32. The first kappa shape index (κ1) is 19.0. The van der Waals surface area contributed by atoms with E-state index < -0.39 is 0 Å². The van der Waals surface area contributed by atoms with Gasteiger partial charge in [-0.1, -0.05) is 18.7 Å². The standard InChI is InChI=1S/C19H21N5O2S/c1-4-5-17(26)21-15-8-6-14(7-9-15)16(25)11-27-19-22-18-20-12(2)10-13(3)24(18)23-19/h6-10H,4-5,11H2,1-3H3,(H,21,26). The molecule has 27 heavy (non-hydrogen) atoms. The van der Waals surface area contributed by atoms with Crippen LogP contribution in [0.25, 0.3) is 5.78 Å². The van der Waals surface area contributed by atoms with Crippen molar-refractivity contribution in [2.75, 3.05) is 11.1 Å². The van der Waals surface area contributed by atoms with Crippen molar-refractivity contribution >= 4 is 34.9 Å². The molecule has 0 aliphatic heterocycles. The predicted octanol–water partition coefficient (Wildman–Crippen LogP) is 3.45. The van der Waals surface area contributed by atoms with Crippen LogP contribution in [-0.2, 0) is 4.79 Å². The van der Waals surface area contributed by atoms with Crippen LogP contribution in [0.5, 0.6) is 0 Å². The minimum atomic E-state index is -0.0239. The van der Waals surface area contributed by atoms with Gasteiger partial charge in [-0.3, -0.25) is 9.59 Å². The molecule has 0 atom stereocenters. The van der Waals surface area contributed by atoms with E-state index in [1.54, 1.807) is 28.8 Å². The molecule has 0 aliphatic rings. The van der Waals surface area contributed by atoms with Crippen molar-refractivity contribution in [1.82, 2.24) is 19.6 Å². The van der Waals surface area contributed by atoms with Gasteiger partial charge in [-0.15, -0.1) is 5.10 Å². The quantitative estimate of drug-likeness (QED) is 0.496. The van der Waals surface area contributed by atoms with E-state index in [1.165, 1.54) is 11.8 Å². The molecule has 1 amide bonds. The maximum atomic E-state index is 12.4. The molecule has 0 saturated heterocycles. The third-order valence-corrected chi connectivity index (χ3v) is 4.74. The molecule has 0 unspecified atom stereocenters. The van der Waals surface area contributed by atoms with E-state index in [9.17, 15) is 9.59 Å². The lowest BCUT2D eigenvalue weighted by atomic mass is 10.1. The lowest BCUT2D eigenvalue weighted by Crippen LogP contribution is -2.10. The number of aromatic nitrogens is 4. The van der Waals surface area contributed by atoms with E-state index in [1.807, 2.05) is 26.8 Å². The highest BCUT2D eigenvalue weighted by Gasteiger charge is 2.12. The molecule has 1 N–H and O–H groups in total. The molecule has 2 aromatic heterocycles. The third-order valence-electron chi connectivity index (χ3n) is 3.90. The van der Waals surface area contributed by atoms with Gasteiger partial charge in [0.05, 0.1) is 5.75 Å². The van der Waals surface area contributed by atoms with Crippen molar-refractivity contribution in [1.29, 1.82) is 0 Å². The summed E-state index contributed by atoms with van der Waals surface area (Å²) in [7, 11) is 0. The van der Waals surface area contributed by atoms with Crippen LogP contribution in [0.1, 0.15) is 41.5 Å². The van der Waals surface area contributed by atoms with Crippen LogP contribution in [0, 0.1) is 13.8 Å². The largest absolute Gasteiger partial charge is 0.326 e. The molecule has 0 aliphatic carbocycles. The van der Waals surface area contributed by atoms with E-state index in [4.69, 9.17) is 0 Å². The number of Topliss-reactive ketones (excluding diaryl/α,β-unsaturated/α-hetero) is 1. The van der Waals surface area contributed by atoms with Crippen LogP contribution in [0.3, 0.4) is 0 Å². The zero-order chi connectivity index (χ0) is 19.4. The molecule has 2 heterocycles. The van der Waals surface area contributed by atoms with Crippen LogP contribution in [0.2, 0.25) is 0 Å². The zero-order valence-electron chi connectivity index (χ0n) is 15.5. The van der Waals surface area contributed by atoms with E-state index in [2.05, 4.69) is 20.4 Å². The van der Waals surface area contributed by atoms with Crippen LogP contribution < -0.4 is 5.32 Å². The van der Waals surface area contributed by atoms with Crippen molar-refractivity contribution in [2.45, 2.75) is 38.8 Å². The van der Waals surface area contributed by atoms with Gasteiger partial charge in [-0.2, -0.15) is 4.98 Å². The van der Waals surface area contributed by atoms with Gasteiger partial charge in [0.15, 0.2) is 5.78 Å².